The summed E-state index contributed by atoms with van der Waals surface area (Å²) in [5.74, 6) is 5.24. The summed E-state index contributed by atoms with van der Waals surface area (Å²) in [4.78, 5) is 4.19. The quantitative estimate of drug-likeness (QED) is 0.225. The van der Waals surface area contributed by atoms with Gasteiger partial charge in [0.2, 0.25) is 0 Å². The van der Waals surface area contributed by atoms with Crippen molar-refractivity contribution in [2.75, 3.05) is 19.0 Å². The molecule has 0 fully saturated rings. The summed E-state index contributed by atoms with van der Waals surface area (Å²) in [6.45, 7) is 0.613. The fourth-order valence-electron chi connectivity index (χ4n) is 0.401. The van der Waals surface area contributed by atoms with E-state index in [1.807, 2.05) is 0 Å². The van der Waals surface area contributed by atoms with Crippen LogP contribution >= 0.6 is 12.6 Å². The zero-order valence-corrected chi connectivity index (χ0v) is 5.97. The Morgan fingerprint density at radius 3 is 2.89 bits per heavy atom. The first-order chi connectivity index (χ1) is 4.31. The van der Waals surface area contributed by atoms with Crippen LogP contribution < -0.4 is 11.2 Å². The Labute approximate surface area is 59.7 Å². The van der Waals surface area contributed by atoms with Crippen molar-refractivity contribution in [1.29, 1.82) is 0 Å². The number of nitrogens with two attached hydrogens (primary N) is 1. The standard InChI is InChI=1S/C4H12N2O2S/c5-8-2-4(7)1-6-3-9/h4,6-7,9H,1-3,5H2/t4-/m1/s1. The van der Waals surface area contributed by atoms with E-state index in [2.05, 4.69) is 22.8 Å². The van der Waals surface area contributed by atoms with Gasteiger partial charge in [-0.3, -0.25) is 0 Å². The van der Waals surface area contributed by atoms with Crippen LogP contribution in [-0.4, -0.2) is 30.2 Å². The summed E-state index contributed by atoms with van der Waals surface area (Å²) in [6, 6.07) is 0. The van der Waals surface area contributed by atoms with E-state index in [-0.39, 0.29) is 6.61 Å². The van der Waals surface area contributed by atoms with Crippen LogP contribution in [0.2, 0.25) is 0 Å². The second kappa shape index (κ2) is 6.31. The van der Waals surface area contributed by atoms with Crippen molar-refractivity contribution in [2.24, 2.45) is 5.90 Å². The minimum absolute atomic E-state index is 0.154. The molecule has 1 atom stereocenters. The van der Waals surface area contributed by atoms with Crippen LogP contribution in [0.25, 0.3) is 0 Å². The Morgan fingerprint density at radius 1 is 1.78 bits per heavy atom. The van der Waals surface area contributed by atoms with Gasteiger partial charge in [-0.15, -0.1) is 0 Å². The molecule has 56 valence electrons. The lowest BCUT2D eigenvalue weighted by Crippen LogP contribution is -2.30. The number of aliphatic hydroxyl groups excluding tert-OH is 1. The maximum atomic E-state index is 8.88. The van der Waals surface area contributed by atoms with Crippen molar-refractivity contribution in [1.82, 2.24) is 5.32 Å². The first-order valence-electron chi connectivity index (χ1n) is 2.62. The van der Waals surface area contributed by atoms with E-state index in [1.54, 1.807) is 0 Å². The van der Waals surface area contributed by atoms with Gasteiger partial charge in [-0.1, -0.05) is 0 Å². The fourth-order valence-corrected chi connectivity index (χ4v) is 0.530. The van der Waals surface area contributed by atoms with Crippen molar-refractivity contribution >= 4 is 12.6 Å². The predicted octanol–water partition coefficient (Wildman–Crippen LogP) is -1.29. The van der Waals surface area contributed by atoms with Gasteiger partial charge >= 0.3 is 0 Å². The van der Waals surface area contributed by atoms with Crippen molar-refractivity contribution in [3.63, 3.8) is 0 Å². The molecule has 5 heteroatoms. The molecule has 0 aliphatic heterocycles. The minimum Gasteiger partial charge on any atom is -0.389 e. The molecule has 9 heavy (non-hydrogen) atoms. The lowest BCUT2D eigenvalue weighted by atomic mass is 10.4. The van der Waals surface area contributed by atoms with E-state index in [1.165, 1.54) is 0 Å². The third-order valence-electron chi connectivity index (χ3n) is 0.780. The molecule has 0 amide bonds. The highest BCUT2D eigenvalue weighted by Gasteiger charge is 2.00. The molecule has 0 spiro atoms. The highest BCUT2D eigenvalue weighted by atomic mass is 32.1. The fraction of sp³-hybridized carbons (Fsp3) is 1.00. The van der Waals surface area contributed by atoms with Gasteiger partial charge in [-0.05, 0) is 0 Å². The molecule has 0 aliphatic rings. The number of thiol groups is 1. The van der Waals surface area contributed by atoms with Crippen LogP contribution in [0.1, 0.15) is 0 Å². The topological polar surface area (TPSA) is 67.5 Å². The van der Waals surface area contributed by atoms with Gasteiger partial charge in [-0.2, -0.15) is 12.6 Å². The van der Waals surface area contributed by atoms with Crippen molar-refractivity contribution in [3.05, 3.63) is 0 Å². The maximum absolute atomic E-state index is 8.88. The third kappa shape index (κ3) is 6.07. The van der Waals surface area contributed by atoms with Gasteiger partial charge in [-0.25, -0.2) is 5.90 Å². The highest BCUT2D eigenvalue weighted by molar-refractivity contribution is 7.80. The Hall–Kier alpha value is 0.190. The van der Waals surface area contributed by atoms with Crippen LogP contribution in [0.3, 0.4) is 0 Å². The number of hydrogen-bond acceptors (Lipinski definition) is 5. The molecule has 0 aromatic heterocycles. The second-order valence-corrected chi connectivity index (χ2v) is 1.92. The average molecular weight is 152 g/mol. The molecular formula is C4H12N2O2S. The van der Waals surface area contributed by atoms with E-state index >= 15 is 0 Å². The van der Waals surface area contributed by atoms with E-state index < -0.39 is 6.10 Å². The largest absolute Gasteiger partial charge is 0.389 e. The molecule has 0 aromatic rings. The highest BCUT2D eigenvalue weighted by Crippen LogP contribution is 1.78. The van der Waals surface area contributed by atoms with Crippen LogP contribution in [-0.2, 0) is 4.84 Å². The Bertz CT molecular complexity index is 64.5. The first-order valence-corrected chi connectivity index (χ1v) is 3.25. The summed E-state index contributed by atoms with van der Waals surface area (Å²) >= 11 is 3.87. The number of aliphatic hydroxyl groups is 1. The predicted molar refractivity (Wildman–Crippen MR) is 38.0 cm³/mol. The Morgan fingerprint density at radius 2 is 2.44 bits per heavy atom. The smallest absolute Gasteiger partial charge is 0.0951 e. The number of nitrogens with one attached hydrogen (secondary N) is 1. The zero-order valence-electron chi connectivity index (χ0n) is 5.08. The molecule has 0 unspecified atom stereocenters. The minimum atomic E-state index is -0.540. The molecule has 4 N–H and O–H groups in total. The van der Waals surface area contributed by atoms with Gasteiger partial charge in [0.05, 0.1) is 12.7 Å². The second-order valence-electron chi connectivity index (χ2n) is 1.60. The lowest BCUT2D eigenvalue weighted by molar-refractivity contribution is 0.0377. The van der Waals surface area contributed by atoms with Crippen molar-refractivity contribution < 1.29 is 9.94 Å². The van der Waals surface area contributed by atoms with Crippen LogP contribution in [0.15, 0.2) is 0 Å². The number of rotatable bonds is 5. The third-order valence-corrected chi connectivity index (χ3v) is 1.00. The van der Waals surface area contributed by atoms with Crippen LogP contribution in [0, 0.1) is 0 Å². The van der Waals surface area contributed by atoms with Gasteiger partial charge in [0, 0.05) is 12.4 Å². The molecule has 0 saturated carbocycles. The summed E-state index contributed by atoms with van der Waals surface area (Å²) in [6.07, 6.45) is -0.540. The van der Waals surface area contributed by atoms with Gasteiger partial charge in [0.1, 0.15) is 0 Å². The van der Waals surface area contributed by atoms with Crippen LogP contribution in [0.5, 0.6) is 0 Å². The van der Waals surface area contributed by atoms with Crippen molar-refractivity contribution in [3.8, 4) is 0 Å². The first kappa shape index (κ1) is 9.19. The number of hydrogen-bond donors (Lipinski definition) is 4. The molecule has 0 saturated heterocycles. The molecule has 0 aromatic carbocycles. The van der Waals surface area contributed by atoms with E-state index in [4.69, 9.17) is 11.0 Å². The molecule has 0 heterocycles. The van der Waals surface area contributed by atoms with Gasteiger partial charge in [0.25, 0.3) is 0 Å². The monoisotopic (exact) mass is 152 g/mol. The Balaban J connectivity index is 2.95. The summed E-state index contributed by atoms with van der Waals surface area (Å²) in [5.41, 5.74) is 0. The van der Waals surface area contributed by atoms with E-state index in [0.29, 0.717) is 12.4 Å². The molecule has 4 nitrogen and oxygen atoms in total. The SMILES string of the molecule is NOC[C@H](O)CNCS. The normalized spacial score (nSPS) is 13.7. The average Bonchev–Trinajstić information content (AvgIpc) is 1.85. The molecule has 0 radical (unpaired) electrons. The van der Waals surface area contributed by atoms with Gasteiger partial charge in [0.15, 0.2) is 0 Å². The lowest BCUT2D eigenvalue weighted by Gasteiger charge is -2.07. The molecular weight excluding hydrogens is 140 g/mol. The summed E-state index contributed by atoms with van der Waals surface area (Å²) < 4.78 is 0. The summed E-state index contributed by atoms with van der Waals surface area (Å²) in [7, 11) is 0. The molecule has 0 aliphatic carbocycles. The van der Waals surface area contributed by atoms with E-state index in [0.717, 1.165) is 0 Å². The maximum Gasteiger partial charge on any atom is 0.0951 e. The molecule has 0 rings (SSSR count). The van der Waals surface area contributed by atoms with Crippen molar-refractivity contribution in [2.45, 2.75) is 6.10 Å². The van der Waals surface area contributed by atoms with Crippen LogP contribution in [0.4, 0.5) is 0 Å². The zero-order chi connectivity index (χ0) is 7.11. The Kier molecular flexibility index (Phi) is 6.45. The molecule has 0 bridgehead atoms. The van der Waals surface area contributed by atoms with Gasteiger partial charge < -0.3 is 15.3 Å². The van der Waals surface area contributed by atoms with E-state index in [9.17, 15) is 0 Å². The summed E-state index contributed by atoms with van der Waals surface area (Å²) in [5, 5.41) is 11.7.